The van der Waals surface area contributed by atoms with Gasteiger partial charge < -0.3 is 94.2 Å². The molecule has 0 aliphatic rings. The Morgan fingerprint density at radius 1 is 0.658 bits per heavy atom. The number of aromatic nitrogens is 9. The number of hydrogen-bond donors (Lipinski definition) is 18. The molecule has 38 nitrogen and oxygen atoms in total. The van der Waals surface area contributed by atoms with E-state index in [1.807, 2.05) is 57.2 Å². The van der Waals surface area contributed by atoms with Gasteiger partial charge in [-0.25, -0.2) is 19.3 Å². The number of carboxylic acid groups (broad SMARTS) is 2. The predicted octanol–water partition coefficient (Wildman–Crippen LogP) is -1.05. The van der Waals surface area contributed by atoms with E-state index in [0.717, 1.165) is 73.1 Å². The third kappa shape index (κ3) is 27.9. The molecule has 7 aromatic rings. The smallest absolute Gasteiger partial charge is 0.326 e. The van der Waals surface area contributed by atoms with E-state index in [-0.39, 0.29) is 30.8 Å². The quantitative estimate of drug-likeness (QED) is 0.0160. The van der Waals surface area contributed by atoms with E-state index < -0.39 is 175 Å². The van der Waals surface area contributed by atoms with Crippen molar-refractivity contribution in [2.75, 3.05) is 26.3 Å². The number of ether oxygens (including phenoxy) is 1. The maximum absolute atomic E-state index is 15.6. The Kier molecular flexibility index (Phi) is 34.4. The molecule has 0 saturated heterocycles. The van der Waals surface area contributed by atoms with E-state index in [4.69, 9.17) is 10.5 Å². The monoisotopic (exact) mass is 1630 g/mol. The normalized spacial score (nSPS) is 14.2. The fraction of sp³-hybridized carbons (Fsp3) is 0.462. The van der Waals surface area contributed by atoms with E-state index in [2.05, 4.69) is 94.1 Å². The summed E-state index contributed by atoms with van der Waals surface area (Å²) in [4.78, 5) is 173. The molecule has 10 atom stereocenters. The van der Waals surface area contributed by atoms with Crippen molar-refractivity contribution in [3.63, 3.8) is 0 Å². The number of amides is 10. The van der Waals surface area contributed by atoms with E-state index in [9.17, 15) is 83.1 Å². The van der Waals surface area contributed by atoms with Crippen LogP contribution in [0.25, 0.3) is 11.1 Å². The van der Waals surface area contributed by atoms with Gasteiger partial charge in [-0.2, -0.15) is 0 Å². The predicted molar refractivity (Wildman–Crippen MR) is 417 cm³/mol. The number of H-pyrrole nitrogens is 2. The molecule has 7 rings (SSSR count). The first-order valence-electron chi connectivity index (χ1n) is 38.0. The molecular weight excluding hydrogens is 1520 g/mol. The zero-order chi connectivity index (χ0) is 85.7. The fourth-order valence-corrected chi connectivity index (χ4v) is 12.5. The average Bonchev–Trinajstić information content (AvgIpc) is 1.47. The number of nitrogens with two attached hydrogens (primary N) is 1. The number of nitrogens with one attached hydrogen (secondary N) is 12. The van der Waals surface area contributed by atoms with Crippen LogP contribution in [-0.4, -0.2) is 228 Å². The third-order valence-electron chi connectivity index (χ3n) is 19.1. The third-order valence-corrected chi connectivity index (χ3v) is 19.1. The molecule has 0 bridgehead atoms. The minimum absolute atomic E-state index is 0.000296. The second-order valence-corrected chi connectivity index (χ2v) is 29.1. The molecular formula is C78H103FN20O18. The van der Waals surface area contributed by atoms with Crippen molar-refractivity contribution in [2.45, 2.75) is 199 Å². The van der Waals surface area contributed by atoms with Crippen LogP contribution in [0.3, 0.4) is 0 Å². The summed E-state index contributed by atoms with van der Waals surface area (Å²) in [6.07, 6.45) is 1.68. The number of carbonyl (C=O) groups excluding carboxylic acids is 10. The first-order chi connectivity index (χ1) is 55.6. The number of tetrazole rings is 1. The molecule has 117 heavy (non-hydrogen) atoms. The van der Waals surface area contributed by atoms with Crippen LogP contribution in [0.4, 0.5) is 4.39 Å². The zero-order valence-electron chi connectivity index (χ0n) is 66.2. The molecule has 0 fully saturated rings. The van der Waals surface area contributed by atoms with Crippen LogP contribution < -0.4 is 63.6 Å². The Bertz CT molecular complexity index is 4540. The summed E-state index contributed by atoms with van der Waals surface area (Å²) in [6, 6.07) is 10.5. The average molecular weight is 1630 g/mol. The highest BCUT2D eigenvalue weighted by molar-refractivity contribution is 6.06. The highest BCUT2D eigenvalue weighted by Crippen LogP contribution is 2.30. The van der Waals surface area contributed by atoms with E-state index in [1.165, 1.54) is 38.4 Å². The summed E-state index contributed by atoms with van der Waals surface area (Å²) in [7, 11) is 0. The van der Waals surface area contributed by atoms with E-state index >= 15 is 4.39 Å². The van der Waals surface area contributed by atoms with Gasteiger partial charge in [0.1, 0.15) is 64.8 Å². The Balaban J connectivity index is 1.04. The summed E-state index contributed by atoms with van der Waals surface area (Å²) >= 11 is 0. The number of nitrogens with zero attached hydrogens (tertiary/aromatic N) is 7. The van der Waals surface area contributed by atoms with Crippen LogP contribution in [0.15, 0.2) is 104 Å². The molecule has 630 valence electrons. The molecule has 10 amide bonds. The molecule has 0 spiro atoms. The summed E-state index contributed by atoms with van der Waals surface area (Å²) in [5.74, 6) is -14.9. The molecule has 0 radical (unpaired) electrons. The van der Waals surface area contributed by atoms with Crippen molar-refractivity contribution in [1.82, 2.24) is 98.8 Å². The van der Waals surface area contributed by atoms with Crippen LogP contribution in [0, 0.1) is 25.1 Å². The molecule has 19 N–H and O–H groups in total. The van der Waals surface area contributed by atoms with Gasteiger partial charge in [0, 0.05) is 63.4 Å². The van der Waals surface area contributed by atoms with Crippen molar-refractivity contribution >= 4 is 71.0 Å². The number of carboxylic acids is 2. The number of halogens is 1. The van der Waals surface area contributed by atoms with Gasteiger partial charge in [-0.05, 0) is 149 Å². The first kappa shape index (κ1) is 91.7. The lowest BCUT2D eigenvalue weighted by Gasteiger charge is -2.34. The number of unbranched alkanes of at least 4 members (excludes halogenated alkanes) is 1. The summed E-state index contributed by atoms with van der Waals surface area (Å²) in [6.45, 7) is 10.9. The van der Waals surface area contributed by atoms with Gasteiger partial charge in [-0.3, -0.25) is 57.4 Å². The number of hydrogen-bond acceptors (Lipinski definition) is 23. The molecule has 3 aromatic heterocycles. The standard InChI is InChI=1S/C78H103FN20O18/c1-9-49-33-54(117-28-13-12-27-99-40-53(37-80)93-98-99)23-24-55(49)50-21-19-47(20-22-50)32-58(68(107)85-57(73(112)113)18-14-15-48-30-43(2)29-44(3)31-48)86-69(108)60(35-64(104)105)87-70(109)61(41-100)88-71(110)65(45(4)101)91-76(116)78(8,36-51-16-10-11-17-56(51)79)92-72(111)66(46(5)102)90-63(103)39-83-67(106)59(34-62-94-96-97-95-62)89-75(115)77(6,7)74(114)82-26-25-52-38-81-42-84-52/h10-11,16-17,19-24,29-31,33,38,40,42,45-46,57-61,65-66,100-102H,9,12-15,18,25-28,32,34-37,39,41,80H2,1-8H3,(H,81,84)(H,82,114)(H,83,106)(H,85,107)(H,86,108)(H,87,109)(H,88,110)(H,89,115)(H,90,103)(H,91,116)(H,92,111)(H,104,105)(H,112,113)(H,94,95,96,97)/t45-,46-,57+,58+,59+,60+,61+,65+,66+,78+/m1/s1. The van der Waals surface area contributed by atoms with Crippen molar-refractivity contribution in [1.29, 1.82) is 0 Å². The maximum atomic E-state index is 15.6. The summed E-state index contributed by atoms with van der Waals surface area (Å²) in [5.41, 5.74) is 8.60. The van der Waals surface area contributed by atoms with Gasteiger partial charge in [0.25, 0.3) is 0 Å². The van der Waals surface area contributed by atoms with Crippen LogP contribution in [-0.2, 0) is 109 Å². The molecule has 0 saturated carbocycles. The van der Waals surface area contributed by atoms with E-state index in [1.54, 1.807) is 41.3 Å². The second-order valence-electron chi connectivity index (χ2n) is 29.1. The number of imidazole rings is 1. The molecule has 39 heteroatoms. The Labute approximate surface area is 672 Å². The SMILES string of the molecule is CCc1cc(OCCCCn2cc(CN)nn2)ccc1-c1ccc(C[C@H](NC(=O)[C@H](CC(=O)O)NC(=O)[C@H](CO)NC(=O)[C@@H](NC(=O)[C@](C)(Cc2ccccc2F)NC(=O)[C@@H](NC(=O)CNC(=O)[C@H](Cc2nnn[nH]2)NC(=O)C(C)(C)C(=O)NCCc2cnc[nH]2)[C@@H](C)O)[C@@H](C)O)C(=O)N[C@@H](CCCc2cc(C)cc(C)c2)C(=O)O)cc1. The number of aliphatic hydroxyl groups excluding tert-OH is 3. The number of aryl methyl sites for hydroxylation is 5. The van der Waals surface area contributed by atoms with Crippen molar-refractivity contribution in [3.05, 3.63) is 160 Å². The van der Waals surface area contributed by atoms with Gasteiger partial charge in [0.15, 0.2) is 5.82 Å². The van der Waals surface area contributed by atoms with Crippen molar-refractivity contribution < 1.29 is 92.2 Å². The fourth-order valence-electron chi connectivity index (χ4n) is 12.5. The molecule has 0 aliphatic carbocycles. The maximum Gasteiger partial charge on any atom is 0.326 e. The van der Waals surface area contributed by atoms with Gasteiger partial charge in [-0.1, -0.05) is 90.0 Å². The number of benzene rings is 4. The van der Waals surface area contributed by atoms with Gasteiger partial charge in [-0.15, -0.1) is 10.2 Å². The Morgan fingerprint density at radius 2 is 1.32 bits per heavy atom. The topological polar surface area (TPSA) is 575 Å². The van der Waals surface area contributed by atoms with E-state index in [0.29, 0.717) is 68.1 Å². The minimum Gasteiger partial charge on any atom is -0.494 e. The highest BCUT2D eigenvalue weighted by atomic mass is 19.1. The van der Waals surface area contributed by atoms with Gasteiger partial charge in [0.2, 0.25) is 59.1 Å². The number of aliphatic carboxylic acids is 2. The molecule has 4 aromatic carbocycles. The highest BCUT2D eigenvalue weighted by Gasteiger charge is 2.43. The number of aromatic amines is 2. The first-order valence-corrected chi connectivity index (χ1v) is 38.0. The summed E-state index contributed by atoms with van der Waals surface area (Å²) in [5, 5.41) is 98.1. The summed E-state index contributed by atoms with van der Waals surface area (Å²) < 4.78 is 23.4. The second kappa shape index (κ2) is 43.8. The lowest BCUT2D eigenvalue weighted by Crippen LogP contribution is -2.67. The van der Waals surface area contributed by atoms with Crippen molar-refractivity contribution in [2.24, 2.45) is 11.1 Å². The Hall–Kier alpha value is -12.5. The number of aliphatic hydroxyl groups is 3. The molecule has 0 aliphatic heterocycles. The Morgan fingerprint density at radius 3 is 1.94 bits per heavy atom. The lowest BCUT2D eigenvalue weighted by molar-refractivity contribution is -0.143. The van der Waals surface area contributed by atoms with Crippen molar-refractivity contribution in [3.8, 4) is 16.9 Å². The van der Waals surface area contributed by atoms with Gasteiger partial charge >= 0.3 is 11.9 Å². The number of carbonyl (C=O) groups is 12. The number of rotatable bonds is 47. The zero-order valence-corrected chi connectivity index (χ0v) is 66.2. The molecule has 0 unspecified atom stereocenters. The lowest BCUT2D eigenvalue weighted by atomic mass is 9.90. The van der Waals surface area contributed by atoms with Crippen LogP contribution in [0.1, 0.15) is 124 Å². The van der Waals surface area contributed by atoms with Crippen LogP contribution in [0.5, 0.6) is 5.75 Å². The molecule has 3 heterocycles. The van der Waals surface area contributed by atoms with Crippen LogP contribution >= 0.6 is 0 Å². The van der Waals surface area contributed by atoms with Gasteiger partial charge in [0.05, 0.1) is 50.4 Å². The largest absolute Gasteiger partial charge is 0.494 e. The minimum atomic E-state index is -2.41. The van der Waals surface area contributed by atoms with Crippen LogP contribution in [0.2, 0.25) is 0 Å².